The quantitative estimate of drug-likeness (QED) is 0.755. The molecule has 1 heterocycles. The third kappa shape index (κ3) is 1.41. The maximum atomic E-state index is 10.3. The molecule has 1 atom stereocenters. The number of nitrogens with two attached hydrogens (primary N) is 1. The summed E-state index contributed by atoms with van der Waals surface area (Å²) in [5.41, 5.74) is 6.23. The lowest BCUT2D eigenvalue weighted by Gasteiger charge is -2.21. The Balaban J connectivity index is 2.35. The maximum Gasteiger partial charge on any atom is 0.101 e. The van der Waals surface area contributed by atoms with E-state index in [1.807, 2.05) is 0 Å². The minimum Gasteiger partial charge on any atom is -0.384 e. The average molecular weight is 197 g/mol. The second-order valence-corrected chi connectivity index (χ2v) is 5.04. The van der Waals surface area contributed by atoms with Crippen molar-refractivity contribution in [2.75, 3.05) is 6.54 Å². The van der Waals surface area contributed by atoms with Gasteiger partial charge in [0.1, 0.15) is 5.60 Å². The van der Waals surface area contributed by atoms with E-state index in [1.54, 1.807) is 11.3 Å². The highest BCUT2D eigenvalue weighted by molar-refractivity contribution is 7.12. The fraction of sp³-hybridized carbons (Fsp3) is 0.600. The predicted molar refractivity (Wildman–Crippen MR) is 54.9 cm³/mol. The molecule has 0 radical (unpaired) electrons. The molecule has 0 fully saturated rings. The van der Waals surface area contributed by atoms with Gasteiger partial charge in [-0.05, 0) is 44.4 Å². The molecule has 1 aromatic heterocycles. The topological polar surface area (TPSA) is 46.2 Å². The smallest absolute Gasteiger partial charge is 0.101 e. The highest BCUT2D eigenvalue weighted by Gasteiger charge is 2.37. The van der Waals surface area contributed by atoms with Crippen molar-refractivity contribution in [3.05, 3.63) is 21.4 Å². The first kappa shape index (κ1) is 9.19. The Morgan fingerprint density at radius 1 is 1.69 bits per heavy atom. The molecule has 0 saturated carbocycles. The summed E-state index contributed by atoms with van der Waals surface area (Å²) in [5.74, 6) is 0. The van der Waals surface area contributed by atoms with Crippen LogP contribution in [0.15, 0.2) is 6.07 Å². The van der Waals surface area contributed by atoms with Gasteiger partial charge in [-0.2, -0.15) is 0 Å². The lowest BCUT2D eigenvalue weighted by Crippen LogP contribution is -2.24. The van der Waals surface area contributed by atoms with Gasteiger partial charge in [0.05, 0.1) is 0 Å². The van der Waals surface area contributed by atoms with E-state index in [9.17, 15) is 5.11 Å². The Kier molecular flexibility index (Phi) is 2.18. The summed E-state index contributed by atoms with van der Waals surface area (Å²) >= 11 is 1.72. The largest absolute Gasteiger partial charge is 0.384 e. The van der Waals surface area contributed by atoms with Crippen LogP contribution in [-0.2, 0) is 12.0 Å². The average Bonchev–Trinajstić information content (AvgIpc) is 2.54. The van der Waals surface area contributed by atoms with Crippen LogP contribution in [0.1, 0.15) is 28.2 Å². The van der Waals surface area contributed by atoms with Crippen LogP contribution in [0, 0.1) is 6.92 Å². The summed E-state index contributed by atoms with van der Waals surface area (Å²) in [6.45, 7) is 2.65. The molecule has 13 heavy (non-hydrogen) atoms. The van der Waals surface area contributed by atoms with E-state index in [0.29, 0.717) is 13.0 Å². The van der Waals surface area contributed by atoms with Crippen LogP contribution in [0.3, 0.4) is 0 Å². The summed E-state index contributed by atoms with van der Waals surface area (Å²) in [6.07, 6.45) is 2.56. The van der Waals surface area contributed by atoms with Crippen LogP contribution in [-0.4, -0.2) is 11.7 Å². The standard InChI is InChI=1S/C10H15NOS/c1-7-6-8-2-3-10(12,4-5-11)9(8)13-7/h6,12H,2-5,11H2,1H3. The van der Waals surface area contributed by atoms with E-state index in [-0.39, 0.29) is 0 Å². The molecule has 1 aliphatic carbocycles. The summed E-state index contributed by atoms with van der Waals surface area (Å²) in [7, 11) is 0. The lowest BCUT2D eigenvalue weighted by molar-refractivity contribution is 0.0353. The highest BCUT2D eigenvalue weighted by Crippen LogP contribution is 2.43. The van der Waals surface area contributed by atoms with Gasteiger partial charge in [-0.3, -0.25) is 0 Å². The molecule has 1 unspecified atom stereocenters. The van der Waals surface area contributed by atoms with Gasteiger partial charge in [0.15, 0.2) is 0 Å². The van der Waals surface area contributed by atoms with Crippen molar-refractivity contribution in [1.82, 2.24) is 0 Å². The van der Waals surface area contributed by atoms with Crippen molar-refractivity contribution in [2.24, 2.45) is 5.73 Å². The number of aliphatic hydroxyl groups is 1. The molecule has 0 aromatic carbocycles. The molecule has 3 heteroatoms. The van der Waals surface area contributed by atoms with Crippen LogP contribution in [0.5, 0.6) is 0 Å². The monoisotopic (exact) mass is 197 g/mol. The SMILES string of the molecule is Cc1cc2c(s1)C(O)(CCN)CC2. The number of hydrogen-bond acceptors (Lipinski definition) is 3. The molecule has 3 N–H and O–H groups in total. The normalized spacial score (nSPS) is 26.4. The molecule has 2 rings (SSSR count). The van der Waals surface area contributed by atoms with Crippen LogP contribution in [0.4, 0.5) is 0 Å². The number of aryl methyl sites for hydroxylation is 2. The zero-order chi connectivity index (χ0) is 9.47. The Labute approximate surface area is 82.4 Å². The second kappa shape index (κ2) is 3.08. The Morgan fingerprint density at radius 2 is 2.46 bits per heavy atom. The number of fused-ring (bicyclic) bond motifs is 1. The Hall–Kier alpha value is -0.380. The van der Waals surface area contributed by atoms with Gasteiger partial charge in [0.2, 0.25) is 0 Å². The minimum absolute atomic E-state index is 0.562. The van der Waals surface area contributed by atoms with Crippen molar-refractivity contribution in [3.8, 4) is 0 Å². The summed E-state index contributed by atoms with van der Waals surface area (Å²) < 4.78 is 0. The molecule has 72 valence electrons. The van der Waals surface area contributed by atoms with Gasteiger partial charge in [0.25, 0.3) is 0 Å². The number of thiophene rings is 1. The first-order valence-electron chi connectivity index (χ1n) is 4.68. The van der Waals surface area contributed by atoms with Gasteiger partial charge in [0, 0.05) is 9.75 Å². The third-order valence-corrected chi connectivity index (χ3v) is 4.01. The van der Waals surface area contributed by atoms with E-state index in [4.69, 9.17) is 5.73 Å². The molecular formula is C10H15NOS. The predicted octanol–water partition coefficient (Wildman–Crippen LogP) is 1.54. The molecular weight excluding hydrogens is 182 g/mol. The van der Waals surface area contributed by atoms with Crippen LogP contribution < -0.4 is 5.73 Å². The van der Waals surface area contributed by atoms with Crippen LogP contribution in [0.25, 0.3) is 0 Å². The molecule has 0 spiro atoms. The van der Waals surface area contributed by atoms with Crippen molar-refractivity contribution in [1.29, 1.82) is 0 Å². The fourth-order valence-corrected chi connectivity index (χ4v) is 3.29. The summed E-state index contributed by atoms with van der Waals surface area (Å²) in [4.78, 5) is 2.45. The van der Waals surface area contributed by atoms with E-state index in [2.05, 4.69) is 13.0 Å². The molecule has 2 nitrogen and oxygen atoms in total. The van der Waals surface area contributed by atoms with E-state index in [0.717, 1.165) is 17.7 Å². The van der Waals surface area contributed by atoms with E-state index in [1.165, 1.54) is 10.4 Å². The molecule has 0 amide bonds. The van der Waals surface area contributed by atoms with Gasteiger partial charge >= 0.3 is 0 Å². The first-order chi connectivity index (χ1) is 6.15. The van der Waals surface area contributed by atoms with Gasteiger partial charge in [-0.1, -0.05) is 0 Å². The maximum absolute atomic E-state index is 10.3. The van der Waals surface area contributed by atoms with Crippen molar-refractivity contribution >= 4 is 11.3 Å². The summed E-state index contributed by atoms with van der Waals surface area (Å²) in [6, 6.07) is 2.19. The molecule has 0 saturated heterocycles. The van der Waals surface area contributed by atoms with Gasteiger partial charge in [-0.15, -0.1) is 11.3 Å². The zero-order valence-corrected chi connectivity index (χ0v) is 8.66. The zero-order valence-electron chi connectivity index (χ0n) is 7.84. The fourth-order valence-electron chi connectivity index (χ4n) is 2.08. The second-order valence-electron chi connectivity index (χ2n) is 3.78. The van der Waals surface area contributed by atoms with Crippen LogP contribution in [0.2, 0.25) is 0 Å². The van der Waals surface area contributed by atoms with Crippen molar-refractivity contribution in [2.45, 2.75) is 31.8 Å². The number of rotatable bonds is 2. The molecule has 1 aliphatic rings. The third-order valence-electron chi connectivity index (χ3n) is 2.72. The van der Waals surface area contributed by atoms with E-state index < -0.39 is 5.60 Å². The minimum atomic E-state index is -0.608. The van der Waals surface area contributed by atoms with Crippen LogP contribution >= 0.6 is 11.3 Å². The Morgan fingerprint density at radius 3 is 3.15 bits per heavy atom. The molecule has 0 aliphatic heterocycles. The summed E-state index contributed by atoms with van der Waals surface area (Å²) in [5, 5.41) is 10.3. The van der Waals surface area contributed by atoms with Crippen molar-refractivity contribution < 1.29 is 5.11 Å². The van der Waals surface area contributed by atoms with Gasteiger partial charge in [-0.25, -0.2) is 0 Å². The van der Waals surface area contributed by atoms with Gasteiger partial charge < -0.3 is 10.8 Å². The lowest BCUT2D eigenvalue weighted by atomic mass is 9.99. The highest BCUT2D eigenvalue weighted by atomic mass is 32.1. The molecule has 1 aromatic rings. The van der Waals surface area contributed by atoms with E-state index >= 15 is 0 Å². The first-order valence-corrected chi connectivity index (χ1v) is 5.49. The molecule has 0 bridgehead atoms. The van der Waals surface area contributed by atoms with Crippen molar-refractivity contribution in [3.63, 3.8) is 0 Å². The number of hydrogen-bond donors (Lipinski definition) is 2. The Bertz CT molecular complexity index is 321.